The number of thiocarbonyl (C=S) groups is 1. The molecular weight excluding hydrogens is 352 g/mol. The zero-order valence-corrected chi connectivity index (χ0v) is 13.6. The minimum atomic E-state index is -0.249. The molecule has 1 amide bonds. The fraction of sp³-hybridized carbons (Fsp3) is 0.0667. The number of hydrogen-bond donors (Lipinski definition) is 2. The number of methoxy groups -OCH3 is 1. The Morgan fingerprint density at radius 3 is 2.52 bits per heavy atom. The number of nitrogens with one attached hydrogen (secondary N) is 2. The smallest absolute Gasteiger partial charge is 0.257 e. The molecule has 4 nitrogen and oxygen atoms in total. The van der Waals surface area contributed by atoms with E-state index in [9.17, 15) is 4.79 Å². The molecule has 0 aliphatic heterocycles. The van der Waals surface area contributed by atoms with Gasteiger partial charge in [0.1, 0.15) is 5.75 Å². The zero-order valence-electron chi connectivity index (χ0n) is 11.2. The average molecular weight is 365 g/mol. The number of rotatable bonds is 3. The minimum Gasteiger partial charge on any atom is -0.496 e. The molecule has 0 aliphatic rings. The SMILES string of the molecule is COc1ccc(NC(=S)NC(=O)c2ccccc2)cc1Br. The Balaban J connectivity index is 1.99. The molecule has 0 saturated carbocycles. The Morgan fingerprint density at radius 2 is 1.90 bits per heavy atom. The van der Waals surface area contributed by atoms with Crippen molar-refractivity contribution in [1.29, 1.82) is 0 Å². The standard InChI is InChI=1S/C15H13BrN2O2S/c1-20-13-8-7-11(9-12(13)16)17-15(21)18-14(19)10-5-3-2-4-6-10/h2-9H,1H3,(H2,17,18,19,21). The molecule has 21 heavy (non-hydrogen) atoms. The third-order valence-corrected chi connectivity index (χ3v) is 3.50. The van der Waals surface area contributed by atoms with E-state index in [-0.39, 0.29) is 11.0 Å². The van der Waals surface area contributed by atoms with E-state index in [4.69, 9.17) is 17.0 Å². The lowest BCUT2D eigenvalue weighted by Gasteiger charge is -2.11. The fourth-order valence-electron chi connectivity index (χ4n) is 1.67. The maximum atomic E-state index is 11.9. The van der Waals surface area contributed by atoms with E-state index in [1.54, 1.807) is 37.4 Å². The number of hydrogen-bond acceptors (Lipinski definition) is 3. The van der Waals surface area contributed by atoms with Gasteiger partial charge in [-0.25, -0.2) is 0 Å². The highest BCUT2D eigenvalue weighted by Gasteiger charge is 2.08. The van der Waals surface area contributed by atoms with Gasteiger partial charge in [-0.2, -0.15) is 0 Å². The van der Waals surface area contributed by atoms with E-state index in [0.29, 0.717) is 5.56 Å². The van der Waals surface area contributed by atoms with Crippen LogP contribution in [0.25, 0.3) is 0 Å². The van der Waals surface area contributed by atoms with Crippen LogP contribution in [0, 0.1) is 0 Å². The first-order valence-electron chi connectivity index (χ1n) is 6.11. The van der Waals surface area contributed by atoms with E-state index in [1.807, 2.05) is 18.2 Å². The predicted molar refractivity (Wildman–Crippen MR) is 90.8 cm³/mol. The van der Waals surface area contributed by atoms with Crippen molar-refractivity contribution in [1.82, 2.24) is 5.32 Å². The lowest BCUT2D eigenvalue weighted by molar-refractivity contribution is 0.0977. The number of benzene rings is 2. The van der Waals surface area contributed by atoms with Gasteiger partial charge in [0, 0.05) is 11.3 Å². The first kappa shape index (κ1) is 15.5. The highest BCUT2D eigenvalue weighted by atomic mass is 79.9. The summed E-state index contributed by atoms with van der Waals surface area (Å²) < 4.78 is 5.95. The second-order valence-electron chi connectivity index (χ2n) is 4.12. The molecule has 0 bridgehead atoms. The molecule has 0 fully saturated rings. The summed E-state index contributed by atoms with van der Waals surface area (Å²) in [6.07, 6.45) is 0. The van der Waals surface area contributed by atoms with Crippen LogP contribution in [0.4, 0.5) is 5.69 Å². The Bertz CT molecular complexity index is 662. The van der Waals surface area contributed by atoms with Crippen LogP contribution in [0.5, 0.6) is 5.75 Å². The molecule has 0 unspecified atom stereocenters. The van der Waals surface area contributed by atoms with Gasteiger partial charge in [-0.3, -0.25) is 10.1 Å². The van der Waals surface area contributed by atoms with Crippen LogP contribution in [-0.4, -0.2) is 18.1 Å². The first-order valence-corrected chi connectivity index (χ1v) is 7.31. The van der Waals surface area contributed by atoms with Crippen molar-refractivity contribution in [3.8, 4) is 5.75 Å². The summed E-state index contributed by atoms with van der Waals surface area (Å²) >= 11 is 8.52. The monoisotopic (exact) mass is 364 g/mol. The van der Waals surface area contributed by atoms with Crippen molar-refractivity contribution < 1.29 is 9.53 Å². The predicted octanol–water partition coefficient (Wildman–Crippen LogP) is 3.58. The number of amides is 1. The van der Waals surface area contributed by atoms with E-state index < -0.39 is 0 Å². The number of halogens is 1. The van der Waals surface area contributed by atoms with Crippen molar-refractivity contribution >= 4 is 44.9 Å². The van der Waals surface area contributed by atoms with E-state index in [1.165, 1.54) is 0 Å². The molecule has 6 heteroatoms. The van der Waals surface area contributed by atoms with Crippen molar-refractivity contribution in [2.45, 2.75) is 0 Å². The third kappa shape index (κ3) is 4.27. The summed E-state index contributed by atoms with van der Waals surface area (Å²) in [6, 6.07) is 14.3. The number of carbonyl (C=O) groups is 1. The number of anilines is 1. The molecular formula is C15H13BrN2O2S. The van der Waals surface area contributed by atoms with Gasteiger partial charge >= 0.3 is 0 Å². The van der Waals surface area contributed by atoms with Gasteiger partial charge in [0.15, 0.2) is 5.11 Å². The first-order chi connectivity index (χ1) is 10.1. The highest BCUT2D eigenvalue weighted by Crippen LogP contribution is 2.27. The van der Waals surface area contributed by atoms with Gasteiger partial charge in [-0.05, 0) is 58.5 Å². The van der Waals surface area contributed by atoms with Gasteiger partial charge in [-0.1, -0.05) is 18.2 Å². The van der Waals surface area contributed by atoms with Crippen LogP contribution in [-0.2, 0) is 0 Å². The largest absolute Gasteiger partial charge is 0.496 e. The Morgan fingerprint density at radius 1 is 1.19 bits per heavy atom. The van der Waals surface area contributed by atoms with Crippen LogP contribution in [0.2, 0.25) is 0 Å². The van der Waals surface area contributed by atoms with E-state index >= 15 is 0 Å². The summed E-state index contributed by atoms with van der Waals surface area (Å²) in [7, 11) is 1.60. The normalized spacial score (nSPS) is 9.81. The summed E-state index contributed by atoms with van der Waals surface area (Å²) in [5, 5.41) is 5.81. The molecule has 0 heterocycles. The summed E-state index contributed by atoms with van der Waals surface area (Å²) in [4.78, 5) is 11.9. The van der Waals surface area contributed by atoms with Crippen molar-refractivity contribution in [3.63, 3.8) is 0 Å². The number of ether oxygens (including phenoxy) is 1. The van der Waals surface area contributed by atoms with Crippen LogP contribution in [0.15, 0.2) is 53.0 Å². The summed E-state index contributed by atoms with van der Waals surface area (Å²) in [6.45, 7) is 0. The quantitative estimate of drug-likeness (QED) is 0.817. The van der Waals surface area contributed by atoms with Gasteiger partial charge in [0.2, 0.25) is 0 Å². The highest BCUT2D eigenvalue weighted by molar-refractivity contribution is 9.10. The maximum Gasteiger partial charge on any atom is 0.257 e. The van der Waals surface area contributed by atoms with E-state index in [2.05, 4.69) is 26.6 Å². The van der Waals surface area contributed by atoms with Crippen LogP contribution in [0.1, 0.15) is 10.4 Å². The fourth-order valence-corrected chi connectivity index (χ4v) is 2.42. The van der Waals surface area contributed by atoms with Crippen LogP contribution in [0.3, 0.4) is 0 Å². The van der Waals surface area contributed by atoms with Gasteiger partial charge < -0.3 is 10.1 Å². The lowest BCUT2D eigenvalue weighted by atomic mass is 10.2. The van der Waals surface area contributed by atoms with Crippen molar-refractivity contribution in [3.05, 3.63) is 58.6 Å². The van der Waals surface area contributed by atoms with Gasteiger partial charge in [0.05, 0.1) is 11.6 Å². The molecule has 0 saturated heterocycles. The van der Waals surface area contributed by atoms with Crippen molar-refractivity contribution in [2.24, 2.45) is 0 Å². The second-order valence-corrected chi connectivity index (χ2v) is 5.39. The Hall–Kier alpha value is -1.92. The zero-order chi connectivity index (χ0) is 15.2. The minimum absolute atomic E-state index is 0.237. The van der Waals surface area contributed by atoms with Crippen LogP contribution < -0.4 is 15.4 Å². The Kier molecular flexibility index (Phi) is 5.30. The van der Waals surface area contributed by atoms with Gasteiger partial charge in [-0.15, -0.1) is 0 Å². The average Bonchev–Trinajstić information content (AvgIpc) is 2.48. The number of carbonyl (C=O) groups excluding carboxylic acids is 1. The second kappa shape index (κ2) is 7.19. The topological polar surface area (TPSA) is 50.4 Å². The van der Waals surface area contributed by atoms with E-state index in [0.717, 1.165) is 15.9 Å². The molecule has 0 spiro atoms. The third-order valence-electron chi connectivity index (χ3n) is 2.67. The Labute approximate surface area is 136 Å². The van der Waals surface area contributed by atoms with Crippen LogP contribution >= 0.6 is 28.1 Å². The molecule has 0 radical (unpaired) electrons. The molecule has 2 aromatic rings. The molecule has 0 atom stereocenters. The van der Waals surface area contributed by atoms with Gasteiger partial charge in [0.25, 0.3) is 5.91 Å². The summed E-state index contributed by atoms with van der Waals surface area (Å²) in [5.74, 6) is 0.473. The lowest BCUT2D eigenvalue weighted by Crippen LogP contribution is -2.34. The molecule has 0 aromatic heterocycles. The van der Waals surface area contributed by atoms with Crippen molar-refractivity contribution in [2.75, 3.05) is 12.4 Å². The molecule has 2 rings (SSSR count). The maximum absolute atomic E-state index is 11.9. The molecule has 2 aromatic carbocycles. The summed E-state index contributed by atoms with van der Waals surface area (Å²) in [5.41, 5.74) is 1.30. The molecule has 108 valence electrons. The molecule has 0 aliphatic carbocycles. The molecule has 2 N–H and O–H groups in total.